The minimum atomic E-state index is -0.130. The van der Waals surface area contributed by atoms with Crippen LogP contribution in [0.3, 0.4) is 0 Å². The van der Waals surface area contributed by atoms with E-state index in [0.717, 1.165) is 27.9 Å². The van der Waals surface area contributed by atoms with E-state index in [0.29, 0.717) is 11.6 Å². The van der Waals surface area contributed by atoms with Crippen molar-refractivity contribution in [3.63, 3.8) is 0 Å². The van der Waals surface area contributed by atoms with Crippen molar-refractivity contribution >= 4 is 22.5 Å². The zero-order chi connectivity index (χ0) is 19.0. The van der Waals surface area contributed by atoms with Crippen molar-refractivity contribution in [1.29, 1.82) is 0 Å². The van der Waals surface area contributed by atoms with Crippen molar-refractivity contribution in [2.75, 3.05) is 5.32 Å². The Labute approximate surface area is 156 Å². The van der Waals surface area contributed by atoms with Gasteiger partial charge in [-0.3, -0.25) is 4.79 Å². The number of aryl methyl sites for hydroxylation is 1. The maximum absolute atomic E-state index is 12.4. The predicted molar refractivity (Wildman–Crippen MR) is 104 cm³/mol. The number of para-hydroxylation sites is 1. The molecule has 27 heavy (non-hydrogen) atoms. The van der Waals surface area contributed by atoms with E-state index in [1.54, 1.807) is 17.1 Å². The summed E-state index contributed by atoms with van der Waals surface area (Å²) >= 11 is 0. The van der Waals surface area contributed by atoms with Crippen LogP contribution in [0.2, 0.25) is 0 Å². The first kappa shape index (κ1) is 17.0. The number of nitrogens with one attached hydrogen (secondary N) is 1. The molecule has 0 atom stereocenters. The first-order valence-corrected chi connectivity index (χ1v) is 8.72. The number of carbonyl (C=O) groups excluding carboxylic acids is 1. The monoisotopic (exact) mass is 360 g/mol. The number of carbonyl (C=O) groups is 1. The van der Waals surface area contributed by atoms with E-state index in [4.69, 9.17) is 0 Å². The summed E-state index contributed by atoms with van der Waals surface area (Å²) in [7, 11) is 0. The molecule has 0 aliphatic rings. The van der Waals surface area contributed by atoms with Crippen LogP contribution in [0.1, 0.15) is 17.0 Å². The lowest BCUT2D eigenvalue weighted by molar-refractivity contribution is -0.116. The molecule has 7 heteroatoms. The Kier molecular flexibility index (Phi) is 4.19. The van der Waals surface area contributed by atoms with Crippen LogP contribution < -0.4 is 5.32 Å². The highest BCUT2D eigenvalue weighted by atomic mass is 16.1. The van der Waals surface area contributed by atoms with E-state index in [2.05, 4.69) is 20.4 Å². The highest BCUT2D eigenvalue weighted by Crippen LogP contribution is 2.16. The molecule has 1 amide bonds. The lowest BCUT2D eigenvalue weighted by Gasteiger charge is -2.08. The van der Waals surface area contributed by atoms with Gasteiger partial charge in [0.1, 0.15) is 6.54 Å². The molecule has 0 saturated heterocycles. The SMILES string of the molecule is Cc1nn(-c2ncc(NC(=O)Cn3ccc4ccccc43)cn2)c(C)c1C. The summed E-state index contributed by atoms with van der Waals surface area (Å²) in [6.45, 7) is 6.19. The first-order valence-electron chi connectivity index (χ1n) is 8.72. The Bertz CT molecular complexity index is 1120. The number of amides is 1. The minimum absolute atomic E-state index is 0.130. The van der Waals surface area contributed by atoms with E-state index in [9.17, 15) is 4.79 Å². The Balaban J connectivity index is 1.48. The largest absolute Gasteiger partial charge is 0.338 e. The predicted octanol–water partition coefficient (Wildman–Crippen LogP) is 3.18. The number of nitrogens with zero attached hydrogens (tertiary/aromatic N) is 5. The molecule has 0 saturated carbocycles. The molecule has 3 heterocycles. The van der Waals surface area contributed by atoms with Crippen LogP contribution in [-0.2, 0) is 11.3 Å². The van der Waals surface area contributed by atoms with Gasteiger partial charge in [-0.1, -0.05) is 18.2 Å². The van der Waals surface area contributed by atoms with Crippen molar-refractivity contribution in [1.82, 2.24) is 24.3 Å². The van der Waals surface area contributed by atoms with Crippen LogP contribution in [0.4, 0.5) is 5.69 Å². The van der Waals surface area contributed by atoms with Crippen LogP contribution >= 0.6 is 0 Å². The van der Waals surface area contributed by atoms with Gasteiger partial charge in [-0.05, 0) is 43.9 Å². The minimum Gasteiger partial charge on any atom is -0.338 e. The molecule has 4 aromatic rings. The average molecular weight is 360 g/mol. The van der Waals surface area contributed by atoms with E-state index >= 15 is 0 Å². The van der Waals surface area contributed by atoms with Gasteiger partial charge in [0, 0.05) is 17.4 Å². The van der Waals surface area contributed by atoms with E-state index in [-0.39, 0.29) is 12.5 Å². The summed E-state index contributed by atoms with van der Waals surface area (Å²) in [6, 6.07) is 9.96. The standard InChI is InChI=1S/C20H20N6O/c1-13-14(2)24-26(15(13)3)20-21-10-17(11-22-20)23-19(27)12-25-9-8-16-6-4-5-7-18(16)25/h4-11H,12H2,1-3H3,(H,23,27). The maximum Gasteiger partial charge on any atom is 0.250 e. The second-order valence-electron chi connectivity index (χ2n) is 6.53. The number of anilines is 1. The number of benzene rings is 1. The van der Waals surface area contributed by atoms with Crippen molar-refractivity contribution in [2.24, 2.45) is 0 Å². The summed E-state index contributed by atoms with van der Waals surface area (Å²) in [5.74, 6) is 0.354. The zero-order valence-corrected chi connectivity index (χ0v) is 15.5. The van der Waals surface area contributed by atoms with Crippen LogP contribution in [0.5, 0.6) is 0 Å². The van der Waals surface area contributed by atoms with Gasteiger partial charge in [-0.25, -0.2) is 14.6 Å². The smallest absolute Gasteiger partial charge is 0.250 e. The molecule has 3 aromatic heterocycles. The molecule has 0 aliphatic heterocycles. The van der Waals surface area contributed by atoms with Gasteiger partial charge in [0.2, 0.25) is 5.91 Å². The van der Waals surface area contributed by atoms with Gasteiger partial charge in [0.15, 0.2) is 0 Å². The molecule has 0 aliphatic carbocycles. The molecule has 0 bridgehead atoms. The Morgan fingerprint density at radius 1 is 1.07 bits per heavy atom. The summed E-state index contributed by atoms with van der Waals surface area (Å²) in [4.78, 5) is 21.0. The molecule has 0 radical (unpaired) electrons. The molecule has 1 aromatic carbocycles. The molecule has 7 nitrogen and oxygen atoms in total. The summed E-state index contributed by atoms with van der Waals surface area (Å²) < 4.78 is 3.63. The molecule has 0 unspecified atom stereocenters. The molecular weight excluding hydrogens is 340 g/mol. The van der Waals surface area contributed by atoms with Crippen molar-refractivity contribution in [2.45, 2.75) is 27.3 Å². The van der Waals surface area contributed by atoms with Gasteiger partial charge >= 0.3 is 0 Å². The van der Waals surface area contributed by atoms with Gasteiger partial charge in [0.05, 0.1) is 23.8 Å². The van der Waals surface area contributed by atoms with Gasteiger partial charge < -0.3 is 9.88 Å². The first-order chi connectivity index (χ1) is 13.0. The van der Waals surface area contributed by atoms with Crippen molar-refractivity contribution in [3.05, 3.63) is 65.9 Å². The third-order valence-corrected chi connectivity index (χ3v) is 4.76. The summed E-state index contributed by atoms with van der Waals surface area (Å²) in [5, 5.41) is 8.40. The lowest BCUT2D eigenvalue weighted by atomic mass is 10.2. The van der Waals surface area contributed by atoms with Gasteiger partial charge in [-0.15, -0.1) is 0 Å². The van der Waals surface area contributed by atoms with Crippen LogP contribution in [-0.4, -0.2) is 30.2 Å². The van der Waals surface area contributed by atoms with Gasteiger partial charge in [-0.2, -0.15) is 5.10 Å². The Morgan fingerprint density at radius 3 is 2.52 bits per heavy atom. The zero-order valence-electron chi connectivity index (χ0n) is 15.5. The van der Waals surface area contributed by atoms with Crippen molar-refractivity contribution in [3.8, 4) is 5.95 Å². The van der Waals surface area contributed by atoms with Crippen molar-refractivity contribution < 1.29 is 4.79 Å². The maximum atomic E-state index is 12.4. The number of hydrogen-bond acceptors (Lipinski definition) is 4. The highest BCUT2D eigenvalue weighted by Gasteiger charge is 2.12. The number of aromatic nitrogens is 5. The van der Waals surface area contributed by atoms with E-state index in [1.807, 2.05) is 61.9 Å². The quantitative estimate of drug-likeness (QED) is 0.606. The fourth-order valence-corrected chi connectivity index (χ4v) is 3.04. The van der Waals surface area contributed by atoms with Gasteiger partial charge in [0.25, 0.3) is 5.95 Å². The van der Waals surface area contributed by atoms with Crippen LogP contribution in [0.15, 0.2) is 48.9 Å². The van der Waals surface area contributed by atoms with E-state index < -0.39 is 0 Å². The second kappa shape index (κ2) is 6.68. The third kappa shape index (κ3) is 3.19. The third-order valence-electron chi connectivity index (χ3n) is 4.76. The number of rotatable bonds is 4. The fraction of sp³-hybridized carbons (Fsp3) is 0.200. The molecule has 136 valence electrons. The highest BCUT2D eigenvalue weighted by molar-refractivity contribution is 5.91. The normalized spacial score (nSPS) is 11.1. The molecule has 1 N–H and O–H groups in total. The molecular formula is C20H20N6O. The second-order valence-corrected chi connectivity index (χ2v) is 6.53. The van der Waals surface area contributed by atoms with E-state index in [1.165, 1.54) is 0 Å². The Morgan fingerprint density at radius 2 is 1.81 bits per heavy atom. The fourth-order valence-electron chi connectivity index (χ4n) is 3.04. The summed E-state index contributed by atoms with van der Waals surface area (Å²) in [5.41, 5.74) is 4.66. The molecule has 0 spiro atoms. The van der Waals surface area contributed by atoms with Crippen LogP contribution in [0.25, 0.3) is 16.9 Å². The number of hydrogen-bond donors (Lipinski definition) is 1. The topological polar surface area (TPSA) is 77.6 Å². The Hall–Kier alpha value is -3.48. The molecule has 0 fully saturated rings. The summed E-state index contributed by atoms with van der Waals surface area (Å²) in [6.07, 6.45) is 5.11. The average Bonchev–Trinajstić information content (AvgIpc) is 3.19. The molecule has 4 rings (SSSR count). The number of fused-ring (bicyclic) bond motifs is 1. The lowest BCUT2D eigenvalue weighted by Crippen LogP contribution is -2.18. The van der Waals surface area contributed by atoms with Crippen LogP contribution in [0, 0.1) is 20.8 Å².